The molecule has 6 nitrogen and oxygen atoms in total. The smallest absolute Gasteiger partial charge is 0.407 e. The van der Waals surface area contributed by atoms with Crippen molar-refractivity contribution >= 4 is 28.1 Å². The third-order valence-electron chi connectivity index (χ3n) is 2.50. The molecule has 0 aromatic carbocycles. The van der Waals surface area contributed by atoms with Crippen molar-refractivity contribution in [2.45, 2.75) is 53.2 Å². The Balaban J connectivity index is 4.48. The maximum Gasteiger partial charge on any atom is 0.407 e. The topological polar surface area (TPSA) is 76.7 Å². The highest BCUT2D eigenvalue weighted by molar-refractivity contribution is 9.09. The van der Waals surface area contributed by atoms with Gasteiger partial charge in [-0.1, -0.05) is 36.7 Å². The molecule has 0 saturated heterocycles. The van der Waals surface area contributed by atoms with Crippen molar-refractivity contribution in [3.05, 3.63) is 0 Å². The van der Waals surface area contributed by atoms with E-state index < -0.39 is 17.8 Å². The molecule has 0 rings (SSSR count). The van der Waals surface area contributed by atoms with E-state index in [0.29, 0.717) is 11.9 Å². The molecule has 2 N–H and O–H groups in total. The van der Waals surface area contributed by atoms with Crippen LogP contribution >= 0.6 is 15.9 Å². The van der Waals surface area contributed by atoms with E-state index in [-0.39, 0.29) is 18.0 Å². The van der Waals surface area contributed by atoms with Gasteiger partial charge in [0.05, 0.1) is 6.04 Å². The number of nitrogens with one attached hydrogen (secondary N) is 2. The van der Waals surface area contributed by atoms with Gasteiger partial charge in [0.25, 0.3) is 0 Å². The van der Waals surface area contributed by atoms with Gasteiger partial charge >= 0.3 is 12.2 Å². The maximum atomic E-state index is 11.8. The van der Waals surface area contributed by atoms with Crippen molar-refractivity contribution in [3.8, 4) is 0 Å². The second-order valence-electron chi connectivity index (χ2n) is 6.77. The molecule has 0 aliphatic carbocycles. The number of alkyl halides is 1. The average Bonchev–Trinajstić information content (AvgIpc) is 2.27. The highest BCUT2D eigenvalue weighted by Gasteiger charge is 2.28. The Morgan fingerprint density at radius 1 is 1.10 bits per heavy atom. The SMILES string of the molecule is CC(C)(C)OC(=O)N[C@H](CNC(=O)OCCBr)C(C)(C)C. The number of alkyl carbamates (subject to hydrolysis) is 2. The van der Waals surface area contributed by atoms with Crippen LogP contribution in [0.3, 0.4) is 0 Å². The summed E-state index contributed by atoms with van der Waals surface area (Å²) in [6.45, 7) is 11.9. The van der Waals surface area contributed by atoms with Gasteiger partial charge in [-0.2, -0.15) is 0 Å². The van der Waals surface area contributed by atoms with Crippen molar-refractivity contribution in [1.29, 1.82) is 0 Å². The lowest BCUT2D eigenvalue weighted by atomic mass is 9.87. The molecule has 0 heterocycles. The summed E-state index contributed by atoms with van der Waals surface area (Å²) in [6.07, 6.45) is -1.01. The minimum Gasteiger partial charge on any atom is -0.449 e. The molecule has 0 aliphatic heterocycles. The lowest BCUT2D eigenvalue weighted by Gasteiger charge is -2.32. The summed E-state index contributed by atoms with van der Waals surface area (Å²) in [6, 6.07) is -0.274. The Bertz CT molecular complexity index is 348. The second-order valence-corrected chi connectivity index (χ2v) is 7.56. The maximum absolute atomic E-state index is 11.8. The average molecular weight is 367 g/mol. The molecule has 7 heteroatoms. The zero-order chi connectivity index (χ0) is 16.7. The number of rotatable bonds is 5. The number of hydrogen-bond acceptors (Lipinski definition) is 4. The van der Waals surface area contributed by atoms with Gasteiger partial charge in [0.2, 0.25) is 0 Å². The standard InChI is InChI=1S/C14H27BrN2O4/c1-13(2,3)10(9-16-11(18)20-8-7-15)17-12(19)21-14(4,5)6/h10H,7-9H2,1-6H3,(H,16,18)(H,17,19)/t10-/m1/s1. The first-order chi connectivity index (χ1) is 9.45. The van der Waals surface area contributed by atoms with Gasteiger partial charge < -0.3 is 20.1 Å². The van der Waals surface area contributed by atoms with Crippen molar-refractivity contribution in [1.82, 2.24) is 10.6 Å². The molecule has 0 aromatic rings. The molecule has 2 amide bonds. The van der Waals surface area contributed by atoms with E-state index in [0.717, 1.165) is 0 Å². The molecule has 0 aliphatic rings. The first-order valence-corrected chi connectivity index (χ1v) is 8.04. The Hall–Kier alpha value is -0.980. The molecule has 21 heavy (non-hydrogen) atoms. The van der Waals surface area contributed by atoms with Crippen molar-refractivity contribution in [3.63, 3.8) is 0 Å². The summed E-state index contributed by atoms with van der Waals surface area (Å²) in [5.74, 6) is 0. The van der Waals surface area contributed by atoms with Crippen molar-refractivity contribution < 1.29 is 19.1 Å². The quantitative estimate of drug-likeness (QED) is 0.733. The summed E-state index contributed by atoms with van der Waals surface area (Å²) in [5, 5.41) is 6.01. The van der Waals surface area contributed by atoms with E-state index in [1.54, 1.807) is 20.8 Å². The fourth-order valence-corrected chi connectivity index (χ4v) is 1.55. The fraction of sp³-hybridized carbons (Fsp3) is 0.857. The molecule has 0 spiro atoms. The van der Waals surface area contributed by atoms with Crippen LogP contribution in [0.15, 0.2) is 0 Å². The van der Waals surface area contributed by atoms with Crippen LogP contribution in [0.4, 0.5) is 9.59 Å². The third kappa shape index (κ3) is 10.4. The van der Waals surface area contributed by atoms with Crippen LogP contribution in [0.1, 0.15) is 41.5 Å². The molecule has 0 bridgehead atoms. The van der Waals surface area contributed by atoms with Crippen LogP contribution in [0, 0.1) is 5.41 Å². The summed E-state index contributed by atoms with van der Waals surface area (Å²) in [4.78, 5) is 23.3. The third-order valence-corrected chi connectivity index (χ3v) is 2.82. The number of ether oxygens (including phenoxy) is 2. The van der Waals surface area contributed by atoms with Crippen LogP contribution in [0.2, 0.25) is 0 Å². The minimum atomic E-state index is -0.561. The lowest BCUT2D eigenvalue weighted by molar-refractivity contribution is 0.0461. The number of carbonyl (C=O) groups excluding carboxylic acids is 2. The van der Waals surface area contributed by atoms with Gasteiger partial charge in [-0.05, 0) is 26.2 Å². The Morgan fingerprint density at radius 3 is 2.10 bits per heavy atom. The van der Waals surface area contributed by atoms with Crippen LogP contribution < -0.4 is 10.6 Å². The van der Waals surface area contributed by atoms with Crippen LogP contribution in [-0.4, -0.2) is 42.3 Å². The van der Waals surface area contributed by atoms with Crippen molar-refractivity contribution in [2.75, 3.05) is 18.5 Å². The summed E-state index contributed by atoms with van der Waals surface area (Å²) >= 11 is 3.17. The summed E-state index contributed by atoms with van der Waals surface area (Å²) in [5.41, 5.74) is -0.797. The van der Waals surface area contributed by atoms with E-state index in [1.165, 1.54) is 0 Å². The summed E-state index contributed by atoms with van der Waals surface area (Å²) in [7, 11) is 0. The Labute approximate surface area is 135 Å². The van der Waals surface area contributed by atoms with Crippen molar-refractivity contribution in [2.24, 2.45) is 5.41 Å². The monoisotopic (exact) mass is 366 g/mol. The predicted molar refractivity (Wildman–Crippen MR) is 85.8 cm³/mol. The molecule has 0 aromatic heterocycles. The van der Waals surface area contributed by atoms with Crippen LogP contribution in [0.25, 0.3) is 0 Å². The number of halogens is 1. The number of carbonyl (C=O) groups is 2. The van der Waals surface area contributed by atoms with E-state index in [9.17, 15) is 9.59 Å². The summed E-state index contributed by atoms with van der Waals surface area (Å²) < 4.78 is 10.1. The minimum absolute atomic E-state index is 0.237. The van der Waals surface area contributed by atoms with E-state index in [4.69, 9.17) is 9.47 Å². The number of hydrogen-bond donors (Lipinski definition) is 2. The zero-order valence-electron chi connectivity index (χ0n) is 13.7. The molecule has 0 fully saturated rings. The van der Waals surface area contributed by atoms with E-state index in [2.05, 4.69) is 26.6 Å². The predicted octanol–water partition coefficient (Wildman–Crippen LogP) is 3.05. The highest BCUT2D eigenvalue weighted by atomic mass is 79.9. The molecular formula is C14H27BrN2O4. The van der Waals surface area contributed by atoms with Gasteiger partial charge in [0, 0.05) is 11.9 Å². The Kier molecular flexibility index (Phi) is 8.06. The lowest BCUT2D eigenvalue weighted by Crippen LogP contribution is -2.51. The molecule has 0 unspecified atom stereocenters. The second kappa shape index (κ2) is 8.46. The normalized spacial score (nSPS) is 13.3. The largest absolute Gasteiger partial charge is 0.449 e. The van der Waals surface area contributed by atoms with Gasteiger partial charge in [0.15, 0.2) is 0 Å². The molecule has 0 saturated carbocycles. The fourth-order valence-electron chi connectivity index (χ4n) is 1.39. The van der Waals surface area contributed by atoms with E-state index in [1.807, 2.05) is 20.8 Å². The first kappa shape index (κ1) is 20.0. The number of amides is 2. The van der Waals surface area contributed by atoms with Gasteiger partial charge in [-0.25, -0.2) is 9.59 Å². The highest BCUT2D eigenvalue weighted by Crippen LogP contribution is 2.19. The molecule has 0 radical (unpaired) electrons. The molecule has 1 atom stereocenters. The van der Waals surface area contributed by atoms with E-state index >= 15 is 0 Å². The molecule has 124 valence electrons. The van der Waals surface area contributed by atoms with Crippen LogP contribution in [-0.2, 0) is 9.47 Å². The first-order valence-electron chi connectivity index (χ1n) is 6.92. The van der Waals surface area contributed by atoms with Gasteiger partial charge in [-0.3, -0.25) is 0 Å². The zero-order valence-corrected chi connectivity index (χ0v) is 15.3. The van der Waals surface area contributed by atoms with Gasteiger partial charge in [0.1, 0.15) is 12.2 Å². The Morgan fingerprint density at radius 2 is 1.67 bits per heavy atom. The van der Waals surface area contributed by atoms with Crippen LogP contribution in [0.5, 0.6) is 0 Å². The molecular weight excluding hydrogens is 340 g/mol. The van der Waals surface area contributed by atoms with Gasteiger partial charge in [-0.15, -0.1) is 0 Å².